The van der Waals surface area contributed by atoms with E-state index >= 15 is 0 Å². The Bertz CT molecular complexity index is 484. The molecule has 0 aromatic heterocycles. The van der Waals surface area contributed by atoms with Crippen LogP contribution >= 0.6 is 0 Å². The molecule has 4 bridgehead atoms. The van der Waals surface area contributed by atoms with Crippen LogP contribution < -0.4 is 10.5 Å². The third-order valence-electron chi connectivity index (χ3n) is 5.62. The molecule has 4 fully saturated rings. The van der Waals surface area contributed by atoms with E-state index in [1.165, 1.54) is 19.3 Å². The predicted octanol–water partition coefficient (Wildman–Crippen LogP) is 2.00. The van der Waals surface area contributed by atoms with Crippen molar-refractivity contribution < 1.29 is 8.42 Å². The summed E-state index contributed by atoms with van der Waals surface area (Å²) in [6.07, 6.45) is 7.47. The summed E-state index contributed by atoms with van der Waals surface area (Å²) in [7, 11) is -3.19. The van der Waals surface area contributed by atoms with Gasteiger partial charge in [-0.2, -0.15) is 0 Å². The first-order valence-corrected chi connectivity index (χ1v) is 9.54. The van der Waals surface area contributed by atoms with Crippen LogP contribution in [0, 0.1) is 16.7 Å². The van der Waals surface area contributed by atoms with Crippen molar-refractivity contribution in [1.29, 1.82) is 0 Å². The van der Waals surface area contributed by atoms with E-state index in [1.54, 1.807) is 0 Å². The molecule has 0 radical (unpaired) electrons. The van der Waals surface area contributed by atoms with Crippen LogP contribution in [0.25, 0.3) is 0 Å². The maximum atomic E-state index is 12.3. The monoisotopic (exact) mass is 300 g/mol. The predicted molar refractivity (Wildman–Crippen MR) is 80.7 cm³/mol. The summed E-state index contributed by atoms with van der Waals surface area (Å²) < 4.78 is 27.7. The summed E-state index contributed by atoms with van der Waals surface area (Å²) in [5.74, 6) is 0.877. The minimum atomic E-state index is -3.19. The third kappa shape index (κ3) is 2.64. The molecule has 0 aliphatic heterocycles. The molecule has 4 nitrogen and oxygen atoms in total. The first kappa shape index (κ1) is 14.8. The van der Waals surface area contributed by atoms with Crippen molar-refractivity contribution in [3.8, 4) is 0 Å². The molecule has 0 spiro atoms. The van der Waals surface area contributed by atoms with E-state index in [4.69, 9.17) is 5.73 Å². The molecule has 0 aromatic carbocycles. The van der Waals surface area contributed by atoms with Crippen LogP contribution in [0.5, 0.6) is 0 Å². The number of nitrogens with one attached hydrogen (secondary N) is 1. The van der Waals surface area contributed by atoms with Gasteiger partial charge >= 0.3 is 0 Å². The Morgan fingerprint density at radius 2 is 1.70 bits per heavy atom. The second-order valence-corrected chi connectivity index (χ2v) is 10.3. The third-order valence-corrected chi connectivity index (χ3v) is 7.19. The lowest BCUT2D eigenvalue weighted by Crippen LogP contribution is -2.65. The van der Waals surface area contributed by atoms with Crippen LogP contribution in [-0.4, -0.2) is 26.3 Å². The summed E-state index contributed by atoms with van der Waals surface area (Å²) in [6, 6.07) is 0. The van der Waals surface area contributed by atoms with Crippen molar-refractivity contribution in [2.75, 3.05) is 12.3 Å². The fourth-order valence-electron chi connectivity index (χ4n) is 6.22. The number of hydrogen-bond donors (Lipinski definition) is 2. The zero-order chi connectivity index (χ0) is 14.6. The molecule has 4 aliphatic rings. The largest absolute Gasteiger partial charge is 0.330 e. The Labute approximate surface area is 122 Å². The molecule has 2 unspecified atom stereocenters. The molecular formula is C15H28N2O2S. The highest BCUT2D eigenvalue weighted by molar-refractivity contribution is 7.89. The fourth-order valence-corrected chi connectivity index (χ4v) is 7.75. The summed E-state index contributed by atoms with van der Waals surface area (Å²) in [5.41, 5.74) is 5.95. The SMILES string of the molecule is CC12CC3CC(C)(C1)CC(NS(=O)(=O)CCCN)(C3)C2. The summed E-state index contributed by atoms with van der Waals surface area (Å²) in [6.45, 7) is 5.16. The number of hydrogen-bond acceptors (Lipinski definition) is 3. The topological polar surface area (TPSA) is 72.2 Å². The molecule has 0 saturated heterocycles. The van der Waals surface area contributed by atoms with Gasteiger partial charge < -0.3 is 5.73 Å². The van der Waals surface area contributed by atoms with Crippen LogP contribution in [0.1, 0.15) is 58.8 Å². The Morgan fingerprint density at radius 1 is 1.10 bits per heavy atom. The number of nitrogens with two attached hydrogens (primary N) is 1. The highest BCUT2D eigenvalue weighted by Crippen LogP contribution is 2.66. The van der Waals surface area contributed by atoms with E-state index in [1.807, 2.05) is 0 Å². The first-order chi connectivity index (χ1) is 9.17. The average molecular weight is 300 g/mol. The molecule has 20 heavy (non-hydrogen) atoms. The van der Waals surface area contributed by atoms with Crippen LogP contribution in [0.4, 0.5) is 0 Å². The van der Waals surface area contributed by atoms with E-state index in [0.717, 1.165) is 19.3 Å². The van der Waals surface area contributed by atoms with Gasteiger partial charge in [-0.1, -0.05) is 13.8 Å². The quantitative estimate of drug-likeness (QED) is 0.815. The number of sulfonamides is 1. The molecule has 4 rings (SSSR count). The van der Waals surface area contributed by atoms with Crippen LogP contribution in [-0.2, 0) is 10.0 Å². The van der Waals surface area contributed by atoms with Crippen molar-refractivity contribution in [3.63, 3.8) is 0 Å². The lowest BCUT2D eigenvalue weighted by atomic mass is 9.43. The number of rotatable bonds is 5. The van der Waals surface area contributed by atoms with E-state index in [-0.39, 0.29) is 11.3 Å². The Morgan fingerprint density at radius 3 is 2.20 bits per heavy atom. The van der Waals surface area contributed by atoms with Gasteiger partial charge in [0.2, 0.25) is 10.0 Å². The normalized spacial score (nSPS) is 46.9. The van der Waals surface area contributed by atoms with Gasteiger partial charge in [-0.25, -0.2) is 13.1 Å². The van der Waals surface area contributed by atoms with Crippen molar-refractivity contribution >= 4 is 10.0 Å². The summed E-state index contributed by atoms with van der Waals surface area (Å²) >= 11 is 0. The zero-order valence-electron chi connectivity index (χ0n) is 12.7. The van der Waals surface area contributed by atoms with Gasteiger partial charge in [0.1, 0.15) is 0 Å². The Kier molecular flexibility index (Phi) is 3.28. The van der Waals surface area contributed by atoms with Crippen LogP contribution in [0.3, 0.4) is 0 Å². The second kappa shape index (κ2) is 4.43. The molecule has 4 saturated carbocycles. The van der Waals surface area contributed by atoms with Crippen molar-refractivity contribution in [1.82, 2.24) is 4.72 Å². The molecule has 2 atom stereocenters. The maximum Gasteiger partial charge on any atom is 0.212 e. The summed E-state index contributed by atoms with van der Waals surface area (Å²) in [5, 5.41) is 0. The van der Waals surface area contributed by atoms with Gasteiger partial charge in [0, 0.05) is 5.54 Å². The lowest BCUT2D eigenvalue weighted by Gasteiger charge is -2.65. The van der Waals surface area contributed by atoms with E-state index in [0.29, 0.717) is 29.7 Å². The van der Waals surface area contributed by atoms with Crippen molar-refractivity contribution in [2.45, 2.75) is 64.3 Å². The maximum absolute atomic E-state index is 12.3. The van der Waals surface area contributed by atoms with Crippen molar-refractivity contribution in [3.05, 3.63) is 0 Å². The van der Waals surface area contributed by atoms with Crippen LogP contribution in [0.15, 0.2) is 0 Å². The van der Waals surface area contributed by atoms with Crippen LogP contribution in [0.2, 0.25) is 0 Å². The highest BCUT2D eigenvalue weighted by Gasteiger charge is 2.60. The Hall–Kier alpha value is -0.130. The van der Waals surface area contributed by atoms with Crippen molar-refractivity contribution in [2.24, 2.45) is 22.5 Å². The highest BCUT2D eigenvalue weighted by atomic mass is 32.2. The zero-order valence-corrected chi connectivity index (χ0v) is 13.6. The molecule has 0 amide bonds. The van der Waals surface area contributed by atoms with Gasteiger partial charge in [0.05, 0.1) is 5.75 Å². The fraction of sp³-hybridized carbons (Fsp3) is 1.00. The molecular weight excluding hydrogens is 272 g/mol. The standard InChI is InChI=1S/C15H28N2O2S/c1-13-6-12-7-14(2,9-13)11-15(8-12,10-13)17-20(18,19)5-3-4-16/h12,17H,3-11,16H2,1-2H3. The molecule has 0 aromatic rings. The van der Waals surface area contributed by atoms with E-state index in [9.17, 15) is 8.42 Å². The molecule has 0 heterocycles. The van der Waals surface area contributed by atoms with E-state index < -0.39 is 10.0 Å². The lowest BCUT2D eigenvalue weighted by molar-refractivity contribution is -0.110. The average Bonchev–Trinajstić information content (AvgIpc) is 2.19. The minimum Gasteiger partial charge on any atom is -0.330 e. The molecule has 5 heteroatoms. The second-order valence-electron chi connectivity index (χ2n) is 8.47. The molecule has 4 aliphatic carbocycles. The molecule has 3 N–H and O–H groups in total. The Balaban J connectivity index is 1.82. The van der Waals surface area contributed by atoms with E-state index in [2.05, 4.69) is 18.6 Å². The van der Waals surface area contributed by atoms with Gasteiger partial charge in [0.15, 0.2) is 0 Å². The van der Waals surface area contributed by atoms with Gasteiger partial charge in [-0.15, -0.1) is 0 Å². The smallest absolute Gasteiger partial charge is 0.212 e. The van der Waals surface area contributed by atoms with Gasteiger partial charge in [-0.3, -0.25) is 0 Å². The summed E-state index contributed by atoms with van der Waals surface area (Å²) in [4.78, 5) is 0. The first-order valence-electron chi connectivity index (χ1n) is 7.89. The van der Waals surface area contributed by atoms with Gasteiger partial charge in [0.25, 0.3) is 0 Å². The van der Waals surface area contributed by atoms with Gasteiger partial charge in [-0.05, 0) is 68.2 Å². The minimum absolute atomic E-state index is 0.170. The molecule has 116 valence electrons.